The number of tetrazole rings is 1. The number of aryl methyl sites for hydroxylation is 2. The Labute approximate surface area is 182 Å². The molecular formula is C23H28N8. The van der Waals surface area contributed by atoms with Gasteiger partial charge in [-0.05, 0) is 29.7 Å². The SMILES string of the molecule is CCCCc1nc(Cc2ccc(-c3ccc(-c4nn[nH]n4)cc3)nc2)n(CCCC)n1. The third-order valence-electron chi connectivity index (χ3n) is 5.24. The van der Waals surface area contributed by atoms with Crippen LogP contribution in [0.3, 0.4) is 0 Å². The highest BCUT2D eigenvalue weighted by atomic mass is 15.5. The monoisotopic (exact) mass is 416 g/mol. The van der Waals surface area contributed by atoms with Crippen molar-refractivity contribution in [3.8, 4) is 22.6 Å². The van der Waals surface area contributed by atoms with Crippen molar-refractivity contribution in [3.05, 3.63) is 59.8 Å². The van der Waals surface area contributed by atoms with Crippen molar-refractivity contribution in [2.45, 2.75) is 58.9 Å². The van der Waals surface area contributed by atoms with E-state index in [1.165, 1.54) is 0 Å². The van der Waals surface area contributed by atoms with Crippen LogP contribution in [-0.2, 0) is 19.4 Å². The smallest absolute Gasteiger partial charge is 0.204 e. The predicted molar refractivity (Wildman–Crippen MR) is 119 cm³/mol. The Hall–Kier alpha value is -3.42. The normalized spacial score (nSPS) is 11.2. The van der Waals surface area contributed by atoms with Gasteiger partial charge in [0.25, 0.3) is 0 Å². The van der Waals surface area contributed by atoms with Gasteiger partial charge in [0.2, 0.25) is 5.82 Å². The maximum atomic E-state index is 4.82. The van der Waals surface area contributed by atoms with Crippen LogP contribution in [0.1, 0.15) is 56.7 Å². The van der Waals surface area contributed by atoms with Crippen molar-refractivity contribution < 1.29 is 0 Å². The zero-order valence-electron chi connectivity index (χ0n) is 18.1. The van der Waals surface area contributed by atoms with Gasteiger partial charge in [0, 0.05) is 36.7 Å². The Bertz CT molecular complexity index is 1070. The maximum absolute atomic E-state index is 4.82. The number of hydrogen-bond acceptors (Lipinski definition) is 6. The van der Waals surface area contributed by atoms with Crippen LogP contribution in [0.15, 0.2) is 42.6 Å². The van der Waals surface area contributed by atoms with E-state index >= 15 is 0 Å². The van der Waals surface area contributed by atoms with Gasteiger partial charge in [-0.25, -0.2) is 9.67 Å². The third-order valence-corrected chi connectivity index (χ3v) is 5.24. The summed E-state index contributed by atoms with van der Waals surface area (Å²) in [5.41, 5.74) is 4.03. The van der Waals surface area contributed by atoms with Crippen LogP contribution in [0.5, 0.6) is 0 Å². The fourth-order valence-electron chi connectivity index (χ4n) is 3.44. The molecule has 4 rings (SSSR count). The van der Waals surface area contributed by atoms with Gasteiger partial charge in [0.15, 0.2) is 5.82 Å². The standard InChI is InChI=1S/C23H28N8/c1-3-5-7-21-25-22(31(28-21)14-6-4-2)15-17-8-13-20(24-16-17)18-9-11-19(12-10-18)23-26-29-30-27-23/h8-13,16H,3-7,14-15H2,1-2H3,(H,26,27,29,30). The number of benzene rings is 1. The lowest BCUT2D eigenvalue weighted by Gasteiger charge is -2.06. The van der Waals surface area contributed by atoms with Gasteiger partial charge in [-0.15, -0.1) is 10.2 Å². The lowest BCUT2D eigenvalue weighted by Crippen LogP contribution is -2.06. The zero-order valence-corrected chi connectivity index (χ0v) is 18.1. The maximum Gasteiger partial charge on any atom is 0.204 e. The van der Waals surface area contributed by atoms with E-state index in [-0.39, 0.29) is 0 Å². The second-order valence-corrected chi connectivity index (χ2v) is 7.67. The third kappa shape index (κ3) is 5.20. The molecule has 4 aromatic rings. The Morgan fingerprint density at radius 1 is 0.935 bits per heavy atom. The molecule has 31 heavy (non-hydrogen) atoms. The summed E-state index contributed by atoms with van der Waals surface area (Å²) < 4.78 is 2.08. The Balaban J connectivity index is 1.47. The van der Waals surface area contributed by atoms with Crippen molar-refractivity contribution in [2.75, 3.05) is 0 Å². The van der Waals surface area contributed by atoms with Gasteiger partial charge in [-0.2, -0.15) is 10.3 Å². The number of H-pyrrole nitrogens is 1. The van der Waals surface area contributed by atoms with Crippen LogP contribution in [0.25, 0.3) is 22.6 Å². The molecule has 160 valence electrons. The van der Waals surface area contributed by atoms with Crippen LogP contribution in [-0.4, -0.2) is 40.4 Å². The van der Waals surface area contributed by atoms with Crippen molar-refractivity contribution >= 4 is 0 Å². The Kier molecular flexibility index (Phi) is 6.76. The van der Waals surface area contributed by atoms with E-state index in [1.54, 1.807) is 0 Å². The molecule has 0 unspecified atom stereocenters. The van der Waals surface area contributed by atoms with Gasteiger partial charge in [0.1, 0.15) is 5.82 Å². The largest absolute Gasteiger partial charge is 0.256 e. The molecular weight excluding hydrogens is 388 g/mol. The zero-order chi connectivity index (χ0) is 21.5. The van der Waals surface area contributed by atoms with E-state index in [0.29, 0.717) is 5.82 Å². The fourth-order valence-corrected chi connectivity index (χ4v) is 3.44. The summed E-state index contributed by atoms with van der Waals surface area (Å²) in [7, 11) is 0. The summed E-state index contributed by atoms with van der Waals surface area (Å²) in [6.45, 7) is 5.32. The number of aromatic nitrogens is 8. The molecule has 0 atom stereocenters. The molecule has 0 aliphatic carbocycles. The molecule has 0 aliphatic heterocycles. The molecule has 0 saturated heterocycles. The summed E-state index contributed by atoms with van der Waals surface area (Å²) in [6.07, 6.45) is 8.16. The molecule has 0 bridgehead atoms. The minimum Gasteiger partial charge on any atom is -0.256 e. The van der Waals surface area contributed by atoms with Crippen LogP contribution < -0.4 is 0 Å². The van der Waals surface area contributed by atoms with E-state index in [2.05, 4.69) is 56.3 Å². The van der Waals surface area contributed by atoms with Crippen molar-refractivity contribution in [1.82, 2.24) is 40.4 Å². The number of pyridine rings is 1. The molecule has 0 fully saturated rings. The van der Waals surface area contributed by atoms with E-state index < -0.39 is 0 Å². The van der Waals surface area contributed by atoms with Gasteiger partial charge >= 0.3 is 0 Å². The van der Waals surface area contributed by atoms with E-state index in [1.807, 2.05) is 30.5 Å². The number of unbranched alkanes of at least 4 members (excludes halogenated alkanes) is 2. The summed E-state index contributed by atoms with van der Waals surface area (Å²) in [4.78, 5) is 9.49. The number of rotatable bonds is 10. The fraction of sp³-hybridized carbons (Fsp3) is 0.391. The highest BCUT2D eigenvalue weighted by Crippen LogP contribution is 2.22. The summed E-state index contributed by atoms with van der Waals surface area (Å²) in [6, 6.07) is 12.2. The first-order valence-corrected chi connectivity index (χ1v) is 11.0. The minimum atomic E-state index is 0.584. The van der Waals surface area contributed by atoms with E-state index in [9.17, 15) is 0 Å². The molecule has 8 nitrogen and oxygen atoms in total. The summed E-state index contributed by atoms with van der Waals surface area (Å²) in [5, 5.41) is 18.8. The van der Waals surface area contributed by atoms with Crippen LogP contribution >= 0.6 is 0 Å². The Morgan fingerprint density at radius 3 is 2.42 bits per heavy atom. The molecule has 1 aromatic carbocycles. The quantitative estimate of drug-likeness (QED) is 0.415. The molecule has 3 aromatic heterocycles. The van der Waals surface area contributed by atoms with Crippen molar-refractivity contribution in [3.63, 3.8) is 0 Å². The second-order valence-electron chi connectivity index (χ2n) is 7.67. The van der Waals surface area contributed by atoms with E-state index in [4.69, 9.17) is 10.1 Å². The molecule has 0 spiro atoms. The van der Waals surface area contributed by atoms with Gasteiger partial charge in [-0.1, -0.05) is 57.0 Å². The lowest BCUT2D eigenvalue weighted by molar-refractivity contribution is 0.544. The van der Waals surface area contributed by atoms with Gasteiger partial charge in [0.05, 0.1) is 5.69 Å². The second kappa shape index (κ2) is 10.1. The summed E-state index contributed by atoms with van der Waals surface area (Å²) >= 11 is 0. The first-order valence-electron chi connectivity index (χ1n) is 11.0. The molecule has 1 N–H and O–H groups in total. The van der Waals surface area contributed by atoms with Crippen molar-refractivity contribution in [1.29, 1.82) is 0 Å². The molecule has 8 heteroatoms. The molecule has 0 radical (unpaired) electrons. The summed E-state index contributed by atoms with van der Waals surface area (Å²) in [5.74, 6) is 2.57. The lowest BCUT2D eigenvalue weighted by atomic mass is 10.1. The topological polar surface area (TPSA) is 98.1 Å². The molecule has 0 amide bonds. The van der Waals surface area contributed by atoms with Gasteiger partial charge in [-0.3, -0.25) is 4.98 Å². The number of nitrogens with one attached hydrogen (secondary N) is 1. The highest BCUT2D eigenvalue weighted by Gasteiger charge is 2.11. The van der Waals surface area contributed by atoms with Crippen LogP contribution in [0.4, 0.5) is 0 Å². The molecule has 3 heterocycles. The Morgan fingerprint density at radius 2 is 1.74 bits per heavy atom. The van der Waals surface area contributed by atoms with E-state index in [0.717, 1.165) is 79.1 Å². The van der Waals surface area contributed by atoms with Crippen LogP contribution in [0, 0.1) is 0 Å². The predicted octanol–water partition coefficient (Wildman–Crippen LogP) is 4.25. The average Bonchev–Trinajstić information content (AvgIpc) is 3.47. The highest BCUT2D eigenvalue weighted by molar-refractivity contribution is 5.64. The number of nitrogens with zero attached hydrogens (tertiary/aromatic N) is 7. The van der Waals surface area contributed by atoms with Gasteiger partial charge < -0.3 is 0 Å². The van der Waals surface area contributed by atoms with Crippen LogP contribution in [0.2, 0.25) is 0 Å². The number of hydrogen-bond donors (Lipinski definition) is 1. The molecule has 0 aliphatic rings. The number of aromatic amines is 1. The van der Waals surface area contributed by atoms with Crippen molar-refractivity contribution in [2.24, 2.45) is 0 Å². The average molecular weight is 417 g/mol. The first kappa shape index (κ1) is 20.8. The minimum absolute atomic E-state index is 0.584. The first-order chi connectivity index (χ1) is 15.3. The molecule has 0 saturated carbocycles.